The van der Waals surface area contributed by atoms with E-state index in [1.54, 1.807) is 20.1 Å². The van der Waals surface area contributed by atoms with Crippen molar-refractivity contribution in [3.8, 4) is 11.1 Å². The molecule has 0 saturated carbocycles. The lowest BCUT2D eigenvalue weighted by atomic mass is 9.98. The van der Waals surface area contributed by atoms with E-state index in [9.17, 15) is 9.18 Å². The van der Waals surface area contributed by atoms with E-state index in [2.05, 4.69) is 4.90 Å². The number of hydrogen-bond acceptors (Lipinski definition) is 3. The lowest BCUT2D eigenvalue weighted by molar-refractivity contribution is 0.0594. The van der Waals surface area contributed by atoms with Crippen molar-refractivity contribution in [2.45, 2.75) is 6.92 Å². The van der Waals surface area contributed by atoms with Crippen molar-refractivity contribution in [1.82, 2.24) is 9.80 Å². The first-order valence-corrected chi connectivity index (χ1v) is 8.96. The van der Waals surface area contributed by atoms with Crippen LogP contribution in [0.3, 0.4) is 0 Å². The largest absolute Gasteiger partial charge is 0.383 e. The van der Waals surface area contributed by atoms with Gasteiger partial charge >= 0.3 is 0 Å². The van der Waals surface area contributed by atoms with Gasteiger partial charge in [-0.3, -0.25) is 9.69 Å². The summed E-state index contributed by atoms with van der Waals surface area (Å²) in [6, 6.07) is 12.5. The van der Waals surface area contributed by atoms with Gasteiger partial charge in [0.15, 0.2) is 0 Å². The molecule has 0 atom stereocenters. The predicted molar refractivity (Wildman–Crippen MR) is 101 cm³/mol. The van der Waals surface area contributed by atoms with E-state index in [4.69, 9.17) is 4.74 Å². The molecule has 2 aromatic carbocycles. The fourth-order valence-electron chi connectivity index (χ4n) is 3.32. The normalized spacial score (nSPS) is 15.3. The Morgan fingerprint density at radius 2 is 1.85 bits per heavy atom. The molecule has 1 aliphatic heterocycles. The van der Waals surface area contributed by atoms with Crippen molar-refractivity contribution in [3.63, 3.8) is 0 Å². The number of ether oxygens (including phenoxy) is 1. The van der Waals surface area contributed by atoms with E-state index in [0.717, 1.165) is 30.8 Å². The number of halogens is 1. The van der Waals surface area contributed by atoms with Crippen molar-refractivity contribution < 1.29 is 13.9 Å². The standard InChI is InChI=1S/C21H25FN2O2/c1-16-19(7-4-8-20(16)22)17-5-3-6-18(15-17)21(25)24-11-9-23(10-12-24)13-14-26-2/h3-8,15H,9-14H2,1-2H3. The van der Waals surface area contributed by atoms with Crippen LogP contribution in [0.25, 0.3) is 11.1 Å². The number of nitrogens with zero attached hydrogens (tertiary/aromatic N) is 2. The maximum Gasteiger partial charge on any atom is 0.253 e. The van der Waals surface area contributed by atoms with Gasteiger partial charge in [-0.2, -0.15) is 0 Å². The zero-order chi connectivity index (χ0) is 18.5. The minimum Gasteiger partial charge on any atom is -0.383 e. The number of methoxy groups -OCH3 is 1. The second-order valence-corrected chi connectivity index (χ2v) is 6.62. The Hall–Kier alpha value is -2.24. The highest BCUT2D eigenvalue weighted by molar-refractivity contribution is 5.95. The molecule has 2 aromatic rings. The molecular weight excluding hydrogens is 331 g/mol. The van der Waals surface area contributed by atoms with Gasteiger partial charge in [0.05, 0.1) is 6.61 Å². The Bertz CT molecular complexity index is 770. The van der Waals surface area contributed by atoms with Crippen LogP contribution >= 0.6 is 0 Å². The molecule has 1 fully saturated rings. The van der Waals surface area contributed by atoms with Crippen molar-refractivity contribution in [2.24, 2.45) is 0 Å². The lowest BCUT2D eigenvalue weighted by Gasteiger charge is -2.34. The monoisotopic (exact) mass is 356 g/mol. The summed E-state index contributed by atoms with van der Waals surface area (Å²) in [5.41, 5.74) is 2.94. The van der Waals surface area contributed by atoms with Crippen LogP contribution in [0.15, 0.2) is 42.5 Å². The summed E-state index contributed by atoms with van der Waals surface area (Å²) in [6.07, 6.45) is 0. The fraction of sp³-hybridized carbons (Fsp3) is 0.381. The average Bonchev–Trinajstić information content (AvgIpc) is 2.68. The van der Waals surface area contributed by atoms with E-state index in [1.165, 1.54) is 6.07 Å². The van der Waals surface area contributed by atoms with Crippen molar-refractivity contribution >= 4 is 5.91 Å². The van der Waals surface area contributed by atoms with Gasteiger partial charge in [0.2, 0.25) is 0 Å². The number of hydrogen-bond donors (Lipinski definition) is 0. The van der Waals surface area contributed by atoms with Crippen LogP contribution in [0.2, 0.25) is 0 Å². The van der Waals surface area contributed by atoms with E-state index in [1.807, 2.05) is 35.2 Å². The van der Waals surface area contributed by atoms with Crippen molar-refractivity contribution in [1.29, 1.82) is 0 Å². The number of benzene rings is 2. The molecule has 0 aromatic heterocycles. The molecular formula is C21H25FN2O2. The summed E-state index contributed by atoms with van der Waals surface area (Å²) in [4.78, 5) is 17.1. The molecule has 138 valence electrons. The third-order valence-corrected chi connectivity index (χ3v) is 4.96. The highest BCUT2D eigenvalue weighted by Gasteiger charge is 2.22. The van der Waals surface area contributed by atoms with Crippen LogP contribution in [-0.4, -0.2) is 62.1 Å². The molecule has 1 heterocycles. The SMILES string of the molecule is COCCN1CCN(C(=O)c2cccc(-c3cccc(F)c3C)c2)CC1. The van der Waals surface area contributed by atoms with Crippen LogP contribution < -0.4 is 0 Å². The minimum atomic E-state index is -0.230. The molecule has 26 heavy (non-hydrogen) atoms. The zero-order valence-electron chi connectivity index (χ0n) is 15.4. The third-order valence-electron chi connectivity index (χ3n) is 4.96. The van der Waals surface area contributed by atoms with Gasteiger partial charge in [0.1, 0.15) is 5.82 Å². The van der Waals surface area contributed by atoms with Crippen molar-refractivity contribution in [3.05, 3.63) is 59.4 Å². The quantitative estimate of drug-likeness (QED) is 0.825. The van der Waals surface area contributed by atoms with E-state index >= 15 is 0 Å². The molecule has 3 rings (SSSR count). The Morgan fingerprint density at radius 3 is 2.58 bits per heavy atom. The molecule has 1 amide bonds. The molecule has 0 unspecified atom stereocenters. The molecule has 0 radical (unpaired) electrons. The topological polar surface area (TPSA) is 32.8 Å². The summed E-state index contributed by atoms with van der Waals surface area (Å²) in [5.74, 6) is -0.196. The summed E-state index contributed by atoms with van der Waals surface area (Å²) in [6.45, 7) is 6.52. The first-order chi connectivity index (χ1) is 12.6. The highest BCUT2D eigenvalue weighted by Crippen LogP contribution is 2.26. The van der Waals surface area contributed by atoms with Gasteiger partial charge in [0.25, 0.3) is 5.91 Å². The summed E-state index contributed by atoms with van der Waals surface area (Å²) in [7, 11) is 1.70. The van der Waals surface area contributed by atoms with E-state index in [-0.39, 0.29) is 11.7 Å². The summed E-state index contributed by atoms with van der Waals surface area (Å²) in [5, 5.41) is 0. The smallest absolute Gasteiger partial charge is 0.253 e. The van der Waals surface area contributed by atoms with Crippen LogP contribution in [0.1, 0.15) is 15.9 Å². The third kappa shape index (κ3) is 4.11. The van der Waals surface area contributed by atoms with Crippen LogP contribution in [-0.2, 0) is 4.74 Å². The van der Waals surface area contributed by atoms with Gasteiger partial charge in [-0.05, 0) is 41.8 Å². The van der Waals surface area contributed by atoms with Gasteiger partial charge < -0.3 is 9.64 Å². The number of piperazine rings is 1. The predicted octanol–water partition coefficient (Wildman–Crippen LogP) is 3.21. The molecule has 4 nitrogen and oxygen atoms in total. The van der Waals surface area contributed by atoms with Gasteiger partial charge in [-0.25, -0.2) is 4.39 Å². The number of rotatable bonds is 5. The molecule has 0 bridgehead atoms. The number of carbonyl (C=O) groups excluding carboxylic acids is 1. The number of carbonyl (C=O) groups is 1. The van der Waals surface area contributed by atoms with Gasteiger partial charge in [-0.1, -0.05) is 24.3 Å². The van der Waals surface area contributed by atoms with Crippen LogP contribution in [0.4, 0.5) is 4.39 Å². The second kappa shape index (κ2) is 8.43. The number of amides is 1. The zero-order valence-corrected chi connectivity index (χ0v) is 15.4. The maximum atomic E-state index is 13.9. The van der Waals surface area contributed by atoms with Crippen molar-refractivity contribution in [2.75, 3.05) is 46.4 Å². The average molecular weight is 356 g/mol. The highest BCUT2D eigenvalue weighted by atomic mass is 19.1. The molecule has 5 heteroatoms. The lowest BCUT2D eigenvalue weighted by Crippen LogP contribution is -2.49. The van der Waals surface area contributed by atoms with Crippen LogP contribution in [0.5, 0.6) is 0 Å². The first-order valence-electron chi connectivity index (χ1n) is 8.96. The van der Waals surface area contributed by atoms with Crippen LogP contribution in [0, 0.1) is 12.7 Å². The minimum absolute atomic E-state index is 0.0345. The summed E-state index contributed by atoms with van der Waals surface area (Å²) >= 11 is 0. The Morgan fingerprint density at radius 1 is 1.12 bits per heavy atom. The molecule has 0 spiro atoms. The molecule has 0 N–H and O–H groups in total. The van der Waals surface area contributed by atoms with E-state index < -0.39 is 0 Å². The Balaban J connectivity index is 1.72. The summed E-state index contributed by atoms with van der Waals surface area (Å²) < 4.78 is 19.0. The fourth-order valence-corrected chi connectivity index (χ4v) is 3.32. The van der Waals surface area contributed by atoms with E-state index in [0.29, 0.717) is 30.8 Å². The van der Waals surface area contributed by atoms with Gasteiger partial charge in [-0.15, -0.1) is 0 Å². The maximum absolute atomic E-state index is 13.9. The Kier molecular flexibility index (Phi) is 6.01. The molecule has 1 aliphatic rings. The molecule has 1 saturated heterocycles. The van der Waals surface area contributed by atoms with Gasteiger partial charge in [0, 0.05) is 45.4 Å². The Labute approximate surface area is 154 Å². The molecule has 0 aliphatic carbocycles. The second-order valence-electron chi connectivity index (χ2n) is 6.62. The first kappa shape index (κ1) is 18.5.